The SMILES string of the molecule is Cc1nsc(N2CC3CCC(C2)C3c2ncc(-c3ccccc3)n3nc(N)nc23)n1. The van der Waals surface area contributed by atoms with Gasteiger partial charge in [-0.2, -0.15) is 9.36 Å². The molecule has 6 rings (SSSR count). The number of nitrogens with zero attached hydrogens (tertiary/aromatic N) is 7. The van der Waals surface area contributed by atoms with E-state index >= 15 is 0 Å². The monoisotopic (exact) mass is 418 g/mol. The maximum absolute atomic E-state index is 6.03. The zero-order chi connectivity index (χ0) is 20.2. The molecular weight excluding hydrogens is 396 g/mol. The van der Waals surface area contributed by atoms with Crippen LogP contribution < -0.4 is 10.6 Å². The fourth-order valence-electron chi connectivity index (χ4n) is 5.19. The fraction of sp³-hybridized carbons (Fsp3) is 0.381. The van der Waals surface area contributed by atoms with E-state index in [2.05, 4.69) is 36.5 Å². The van der Waals surface area contributed by atoms with Crippen LogP contribution in [0.15, 0.2) is 36.5 Å². The number of hydrogen-bond acceptors (Lipinski definition) is 8. The van der Waals surface area contributed by atoms with Gasteiger partial charge in [0.2, 0.25) is 11.1 Å². The van der Waals surface area contributed by atoms with Crippen molar-refractivity contribution in [3.05, 3.63) is 48.0 Å². The molecular formula is C21H22N8S. The van der Waals surface area contributed by atoms with Gasteiger partial charge >= 0.3 is 0 Å². The number of hydrogen-bond donors (Lipinski definition) is 1. The van der Waals surface area contributed by atoms with Gasteiger partial charge in [-0.3, -0.25) is 4.98 Å². The molecule has 4 aromatic rings. The van der Waals surface area contributed by atoms with Crippen molar-refractivity contribution < 1.29 is 0 Å². The smallest absolute Gasteiger partial charge is 0.240 e. The first kappa shape index (κ1) is 17.8. The number of nitrogens with two attached hydrogens (primary N) is 1. The molecule has 3 aromatic heterocycles. The molecule has 2 unspecified atom stereocenters. The predicted molar refractivity (Wildman–Crippen MR) is 116 cm³/mol. The summed E-state index contributed by atoms with van der Waals surface area (Å²) in [5.74, 6) is 2.54. The first-order chi connectivity index (χ1) is 14.7. The van der Waals surface area contributed by atoms with Gasteiger partial charge < -0.3 is 10.6 Å². The second kappa shape index (κ2) is 6.73. The average Bonchev–Trinajstić information content (AvgIpc) is 3.43. The van der Waals surface area contributed by atoms with Crippen LogP contribution in [0.4, 0.5) is 11.1 Å². The highest BCUT2D eigenvalue weighted by Gasteiger charge is 2.45. The van der Waals surface area contributed by atoms with E-state index in [1.165, 1.54) is 24.4 Å². The molecule has 1 saturated heterocycles. The number of piperidine rings is 1. The Labute approximate surface area is 178 Å². The van der Waals surface area contributed by atoms with Gasteiger partial charge in [0.15, 0.2) is 5.65 Å². The van der Waals surface area contributed by atoms with E-state index in [1.807, 2.05) is 35.8 Å². The number of rotatable bonds is 3. The number of aromatic nitrogens is 6. The van der Waals surface area contributed by atoms with E-state index in [0.717, 1.165) is 46.6 Å². The van der Waals surface area contributed by atoms with Crippen molar-refractivity contribution in [2.75, 3.05) is 23.7 Å². The van der Waals surface area contributed by atoms with E-state index in [4.69, 9.17) is 10.7 Å². The highest BCUT2D eigenvalue weighted by atomic mass is 32.1. The summed E-state index contributed by atoms with van der Waals surface area (Å²) in [5, 5.41) is 5.53. The Morgan fingerprint density at radius 3 is 2.53 bits per heavy atom. The Balaban J connectivity index is 1.40. The largest absolute Gasteiger partial charge is 0.366 e. The van der Waals surface area contributed by atoms with Crippen LogP contribution in [0, 0.1) is 18.8 Å². The standard InChI is InChI=1S/C21H22N8S/c1-12-24-21(30-27-12)28-10-14-7-8-15(11-28)17(14)18-19-25-20(22)26-29(19)16(9-23-18)13-5-3-2-4-6-13/h2-6,9,14-15,17H,7-8,10-11H2,1H3,(H2,22,26). The highest BCUT2D eigenvalue weighted by Crippen LogP contribution is 2.49. The van der Waals surface area contributed by atoms with Crippen LogP contribution in [0.25, 0.3) is 16.9 Å². The molecule has 152 valence electrons. The molecule has 1 aliphatic carbocycles. The van der Waals surface area contributed by atoms with Gasteiger partial charge in [0, 0.05) is 36.1 Å². The number of fused-ring (bicyclic) bond motifs is 3. The lowest BCUT2D eigenvalue weighted by Crippen LogP contribution is -2.41. The molecule has 2 aliphatic rings. The third kappa shape index (κ3) is 2.76. The lowest BCUT2D eigenvalue weighted by Gasteiger charge is -2.37. The third-order valence-corrected chi connectivity index (χ3v) is 7.28. The predicted octanol–water partition coefficient (Wildman–Crippen LogP) is 3.16. The van der Waals surface area contributed by atoms with Gasteiger partial charge in [-0.1, -0.05) is 30.3 Å². The highest BCUT2D eigenvalue weighted by molar-refractivity contribution is 7.09. The molecule has 1 aromatic carbocycles. The third-order valence-electron chi connectivity index (χ3n) is 6.41. The normalized spacial score (nSPS) is 23.4. The van der Waals surface area contributed by atoms with Crippen molar-refractivity contribution in [1.29, 1.82) is 0 Å². The molecule has 0 spiro atoms. The van der Waals surface area contributed by atoms with E-state index in [9.17, 15) is 0 Å². The van der Waals surface area contributed by atoms with Gasteiger partial charge in [0.25, 0.3) is 0 Å². The number of anilines is 2. The molecule has 1 aliphatic heterocycles. The van der Waals surface area contributed by atoms with Crippen LogP contribution in [0.2, 0.25) is 0 Å². The summed E-state index contributed by atoms with van der Waals surface area (Å²) in [7, 11) is 0. The van der Waals surface area contributed by atoms with Gasteiger partial charge in [0.05, 0.1) is 17.6 Å². The van der Waals surface area contributed by atoms with Crippen LogP contribution in [0.1, 0.15) is 30.3 Å². The van der Waals surface area contributed by atoms with Crippen molar-refractivity contribution in [3.8, 4) is 11.3 Å². The summed E-state index contributed by atoms with van der Waals surface area (Å²) in [4.78, 5) is 16.5. The Morgan fingerprint density at radius 2 is 1.83 bits per heavy atom. The van der Waals surface area contributed by atoms with Crippen molar-refractivity contribution >= 4 is 28.3 Å². The van der Waals surface area contributed by atoms with E-state index in [0.29, 0.717) is 17.8 Å². The van der Waals surface area contributed by atoms with E-state index in [-0.39, 0.29) is 5.95 Å². The molecule has 8 nitrogen and oxygen atoms in total. The topological polar surface area (TPSA) is 98.1 Å². The average molecular weight is 419 g/mol. The second-order valence-corrected chi connectivity index (χ2v) is 8.98. The maximum atomic E-state index is 6.03. The second-order valence-electron chi connectivity index (χ2n) is 8.25. The summed E-state index contributed by atoms with van der Waals surface area (Å²) in [6, 6.07) is 10.1. The maximum Gasteiger partial charge on any atom is 0.240 e. The van der Waals surface area contributed by atoms with Gasteiger partial charge in [-0.05, 0) is 31.6 Å². The van der Waals surface area contributed by atoms with Gasteiger partial charge in [0.1, 0.15) is 5.82 Å². The van der Waals surface area contributed by atoms with Crippen LogP contribution in [-0.4, -0.2) is 42.0 Å². The van der Waals surface area contributed by atoms with E-state index < -0.39 is 0 Å². The minimum absolute atomic E-state index is 0.288. The quantitative estimate of drug-likeness (QED) is 0.546. The molecule has 9 heteroatoms. The molecule has 30 heavy (non-hydrogen) atoms. The fourth-order valence-corrected chi connectivity index (χ4v) is 5.88. The zero-order valence-corrected chi connectivity index (χ0v) is 17.5. The number of benzene rings is 1. The van der Waals surface area contributed by atoms with Crippen molar-refractivity contribution in [3.63, 3.8) is 0 Å². The Hall–Kier alpha value is -3.07. The summed E-state index contributed by atoms with van der Waals surface area (Å²) >= 11 is 1.50. The molecule has 2 fully saturated rings. The zero-order valence-electron chi connectivity index (χ0n) is 16.6. The van der Waals surface area contributed by atoms with Crippen LogP contribution >= 0.6 is 11.5 Å². The number of nitrogen functional groups attached to an aromatic ring is 1. The number of aryl methyl sites for hydroxylation is 1. The molecule has 1 saturated carbocycles. The molecule has 2 atom stereocenters. The first-order valence-electron chi connectivity index (χ1n) is 10.3. The molecule has 2 bridgehead atoms. The van der Waals surface area contributed by atoms with Crippen LogP contribution in [-0.2, 0) is 0 Å². The molecule has 2 N–H and O–H groups in total. The summed E-state index contributed by atoms with van der Waals surface area (Å²) in [6.07, 6.45) is 4.31. The Kier molecular flexibility index (Phi) is 3.98. The molecule has 0 amide bonds. The van der Waals surface area contributed by atoms with E-state index in [1.54, 1.807) is 0 Å². The van der Waals surface area contributed by atoms with Gasteiger partial charge in [-0.15, -0.1) is 5.10 Å². The summed E-state index contributed by atoms with van der Waals surface area (Å²) in [5.41, 5.74) is 9.81. The summed E-state index contributed by atoms with van der Waals surface area (Å²) in [6.45, 7) is 3.91. The summed E-state index contributed by atoms with van der Waals surface area (Å²) < 4.78 is 6.23. The Bertz CT molecular complexity index is 1200. The van der Waals surface area contributed by atoms with Crippen molar-refractivity contribution in [1.82, 2.24) is 28.9 Å². The van der Waals surface area contributed by atoms with Gasteiger partial charge in [-0.25, -0.2) is 9.50 Å². The lowest BCUT2D eigenvalue weighted by atomic mass is 9.82. The minimum Gasteiger partial charge on any atom is -0.366 e. The van der Waals surface area contributed by atoms with Crippen molar-refractivity contribution in [2.24, 2.45) is 11.8 Å². The van der Waals surface area contributed by atoms with Crippen LogP contribution in [0.5, 0.6) is 0 Å². The van der Waals surface area contributed by atoms with Crippen molar-refractivity contribution in [2.45, 2.75) is 25.7 Å². The molecule has 0 radical (unpaired) electrons. The molecule has 4 heterocycles. The first-order valence-corrected chi connectivity index (χ1v) is 11.1. The Morgan fingerprint density at radius 1 is 1.07 bits per heavy atom. The van der Waals surface area contributed by atoms with Crippen LogP contribution in [0.3, 0.4) is 0 Å². The lowest BCUT2D eigenvalue weighted by molar-refractivity contribution is 0.351. The minimum atomic E-state index is 0.288.